The lowest BCUT2D eigenvalue weighted by atomic mass is 9.80. The molecule has 5 heteroatoms. The van der Waals surface area contributed by atoms with E-state index >= 15 is 0 Å². The summed E-state index contributed by atoms with van der Waals surface area (Å²) in [7, 11) is 0. The molecular weight excluding hydrogens is 288 g/mol. The van der Waals surface area contributed by atoms with Gasteiger partial charge >= 0.3 is 0 Å². The number of fused-ring (bicyclic) bond motifs is 2. The van der Waals surface area contributed by atoms with E-state index in [1.807, 2.05) is 23.1 Å². The van der Waals surface area contributed by atoms with Gasteiger partial charge in [0.25, 0.3) is 0 Å². The number of carbonyl (C=O) groups is 1. The maximum Gasteiger partial charge on any atom is 0.237 e. The zero-order chi connectivity index (χ0) is 15.0. The predicted octanol–water partition coefficient (Wildman–Crippen LogP) is 2.59. The summed E-state index contributed by atoms with van der Waals surface area (Å²) in [6.07, 6.45) is 2.78. The first-order chi connectivity index (χ1) is 10.0. The molecule has 2 bridgehead atoms. The van der Waals surface area contributed by atoms with Crippen LogP contribution in [0.25, 0.3) is 0 Å². The number of benzene rings is 1. The number of halogens is 1. The van der Waals surface area contributed by atoms with Crippen molar-refractivity contribution in [2.24, 2.45) is 0 Å². The summed E-state index contributed by atoms with van der Waals surface area (Å²) in [5, 5.41) is 20.4. The molecule has 2 aliphatic heterocycles. The van der Waals surface area contributed by atoms with Crippen molar-refractivity contribution in [3.8, 4) is 6.07 Å². The van der Waals surface area contributed by atoms with Gasteiger partial charge in [0, 0.05) is 29.9 Å². The smallest absolute Gasteiger partial charge is 0.237 e. The molecule has 0 spiro atoms. The second kappa shape index (κ2) is 5.32. The Balaban J connectivity index is 1.83. The Morgan fingerprint density at radius 1 is 1.33 bits per heavy atom. The van der Waals surface area contributed by atoms with Crippen molar-refractivity contribution in [1.82, 2.24) is 4.90 Å². The van der Waals surface area contributed by atoms with Gasteiger partial charge in [0.05, 0.1) is 11.7 Å². The number of amides is 1. The highest BCUT2D eigenvalue weighted by Crippen LogP contribution is 2.46. The monoisotopic (exact) mass is 304 g/mol. The molecule has 2 fully saturated rings. The number of hydrogen-bond acceptors (Lipinski definition) is 3. The Morgan fingerprint density at radius 2 is 1.90 bits per heavy atom. The third-order valence-corrected chi connectivity index (χ3v) is 4.92. The molecular formula is C16H17ClN2O2. The van der Waals surface area contributed by atoms with Crippen LogP contribution in [0.2, 0.25) is 5.02 Å². The molecule has 21 heavy (non-hydrogen) atoms. The van der Waals surface area contributed by atoms with Gasteiger partial charge in [0.2, 0.25) is 5.91 Å². The van der Waals surface area contributed by atoms with Crippen LogP contribution >= 0.6 is 11.6 Å². The molecule has 1 N–H and O–H groups in total. The summed E-state index contributed by atoms with van der Waals surface area (Å²) < 4.78 is 0. The average molecular weight is 305 g/mol. The van der Waals surface area contributed by atoms with Crippen LogP contribution in [0.1, 0.15) is 37.7 Å². The van der Waals surface area contributed by atoms with E-state index in [0.717, 1.165) is 18.4 Å². The van der Waals surface area contributed by atoms with Crippen LogP contribution in [0.15, 0.2) is 24.3 Å². The standard InChI is InChI=1S/C16H17ClN2O2/c17-12-3-1-11(2-4-12)16(21)9-13-5-6-14(10-16)19(13)15(20)7-8-18/h1-4,13-14,21H,5-7,9-10H2. The van der Waals surface area contributed by atoms with E-state index in [4.69, 9.17) is 16.9 Å². The largest absolute Gasteiger partial charge is 0.385 e. The number of rotatable bonds is 2. The number of aliphatic hydroxyl groups is 1. The summed E-state index contributed by atoms with van der Waals surface area (Å²) in [5.74, 6) is -0.108. The molecule has 1 aromatic rings. The molecule has 0 aliphatic carbocycles. The van der Waals surface area contributed by atoms with Gasteiger partial charge in [-0.25, -0.2) is 0 Å². The van der Waals surface area contributed by atoms with Gasteiger partial charge in [0.1, 0.15) is 6.42 Å². The van der Waals surface area contributed by atoms with Crippen molar-refractivity contribution < 1.29 is 9.90 Å². The fraction of sp³-hybridized carbons (Fsp3) is 0.500. The summed E-state index contributed by atoms with van der Waals surface area (Å²) in [4.78, 5) is 13.9. The molecule has 0 aromatic heterocycles. The Bertz CT molecular complexity index is 579. The van der Waals surface area contributed by atoms with E-state index in [2.05, 4.69) is 0 Å². The summed E-state index contributed by atoms with van der Waals surface area (Å²) in [6.45, 7) is 0. The summed E-state index contributed by atoms with van der Waals surface area (Å²) >= 11 is 5.90. The number of nitriles is 1. The lowest BCUT2D eigenvalue weighted by molar-refractivity contribution is -0.140. The number of piperidine rings is 1. The topological polar surface area (TPSA) is 64.3 Å². The molecule has 0 radical (unpaired) electrons. The van der Waals surface area contributed by atoms with E-state index in [1.165, 1.54) is 0 Å². The third-order valence-electron chi connectivity index (χ3n) is 4.67. The maximum atomic E-state index is 12.1. The average Bonchev–Trinajstić information content (AvgIpc) is 2.73. The fourth-order valence-electron chi connectivity index (χ4n) is 3.79. The minimum atomic E-state index is -0.903. The molecule has 110 valence electrons. The van der Waals surface area contributed by atoms with Crippen LogP contribution in [-0.4, -0.2) is 28.0 Å². The molecule has 2 atom stereocenters. The first-order valence-electron chi connectivity index (χ1n) is 7.20. The van der Waals surface area contributed by atoms with E-state index in [-0.39, 0.29) is 24.4 Å². The maximum absolute atomic E-state index is 12.1. The number of nitrogens with zero attached hydrogens (tertiary/aromatic N) is 2. The number of hydrogen-bond donors (Lipinski definition) is 1. The van der Waals surface area contributed by atoms with Crippen LogP contribution in [0.3, 0.4) is 0 Å². The second-order valence-electron chi connectivity index (χ2n) is 5.97. The van der Waals surface area contributed by atoms with Crippen LogP contribution < -0.4 is 0 Å². The molecule has 3 rings (SSSR count). The highest BCUT2D eigenvalue weighted by Gasteiger charge is 2.49. The van der Waals surface area contributed by atoms with E-state index < -0.39 is 5.60 Å². The van der Waals surface area contributed by atoms with Crippen molar-refractivity contribution >= 4 is 17.5 Å². The molecule has 4 nitrogen and oxygen atoms in total. The quantitative estimate of drug-likeness (QED) is 0.913. The summed E-state index contributed by atoms with van der Waals surface area (Å²) in [5.41, 5.74) is -0.0454. The lowest BCUT2D eigenvalue weighted by Crippen LogP contribution is -2.51. The molecule has 2 aliphatic rings. The predicted molar refractivity (Wildman–Crippen MR) is 78.5 cm³/mol. The summed E-state index contributed by atoms with van der Waals surface area (Å²) in [6, 6.07) is 9.26. The van der Waals surface area contributed by atoms with Gasteiger partial charge in [-0.15, -0.1) is 0 Å². The highest BCUT2D eigenvalue weighted by atomic mass is 35.5. The Hall–Kier alpha value is -1.57. The van der Waals surface area contributed by atoms with E-state index in [0.29, 0.717) is 17.9 Å². The van der Waals surface area contributed by atoms with Gasteiger partial charge < -0.3 is 10.0 Å². The first-order valence-corrected chi connectivity index (χ1v) is 7.58. The Labute approximate surface area is 128 Å². The molecule has 2 heterocycles. The van der Waals surface area contributed by atoms with Crippen LogP contribution in [0, 0.1) is 11.3 Å². The van der Waals surface area contributed by atoms with Crippen molar-refractivity contribution in [1.29, 1.82) is 5.26 Å². The normalized spacial score (nSPS) is 31.0. The molecule has 1 aromatic carbocycles. The number of carbonyl (C=O) groups excluding carboxylic acids is 1. The van der Waals surface area contributed by atoms with Gasteiger partial charge in [-0.1, -0.05) is 23.7 Å². The molecule has 2 saturated heterocycles. The fourth-order valence-corrected chi connectivity index (χ4v) is 3.91. The van der Waals surface area contributed by atoms with Gasteiger partial charge in [0.15, 0.2) is 0 Å². The van der Waals surface area contributed by atoms with Crippen molar-refractivity contribution in [3.63, 3.8) is 0 Å². The van der Waals surface area contributed by atoms with E-state index in [9.17, 15) is 9.90 Å². The van der Waals surface area contributed by atoms with Crippen molar-refractivity contribution in [2.75, 3.05) is 0 Å². The zero-order valence-electron chi connectivity index (χ0n) is 11.6. The molecule has 0 saturated carbocycles. The minimum absolute atomic E-state index is 0.0327. The third kappa shape index (κ3) is 2.52. The van der Waals surface area contributed by atoms with Gasteiger partial charge in [-0.3, -0.25) is 4.79 Å². The van der Waals surface area contributed by atoms with Crippen LogP contribution in [0.5, 0.6) is 0 Å². The lowest BCUT2D eigenvalue weighted by Gasteiger charge is -2.44. The Kier molecular flexibility index (Phi) is 3.64. The van der Waals surface area contributed by atoms with Crippen LogP contribution in [0.4, 0.5) is 0 Å². The Morgan fingerprint density at radius 3 is 2.43 bits per heavy atom. The molecule has 2 unspecified atom stereocenters. The zero-order valence-corrected chi connectivity index (χ0v) is 12.4. The first kappa shape index (κ1) is 14.4. The van der Waals surface area contributed by atoms with E-state index in [1.54, 1.807) is 12.1 Å². The second-order valence-corrected chi connectivity index (χ2v) is 6.40. The van der Waals surface area contributed by atoms with Gasteiger partial charge in [-0.2, -0.15) is 5.26 Å². The van der Waals surface area contributed by atoms with Crippen molar-refractivity contribution in [2.45, 2.75) is 49.8 Å². The van der Waals surface area contributed by atoms with Gasteiger partial charge in [-0.05, 0) is 30.5 Å². The molecule has 1 amide bonds. The minimum Gasteiger partial charge on any atom is -0.385 e. The highest BCUT2D eigenvalue weighted by molar-refractivity contribution is 6.30. The van der Waals surface area contributed by atoms with Crippen LogP contribution in [-0.2, 0) is 10.4 Å². The van der Waals surface area contributed by atoms with Crippen molar-refractivity contribution in [3.05, 3.63) is 34.9 Å². The SMILES string of the molecule is N#CCC(=O)N1C2CCC1CC(O)(c1ccc(Cl)cc1)C2.